The molecule has 1 N–H and O–H groups in total. The predicted molar refractivity (Wildman–Crippen MR) is 89.7 cm³/mol. The first-order valence-electron chi connectivity index (χ1n) is 7.96. The van der Waals surface area contributed by atoms with E-state index in [0.29, 0.717) is 31.0 Å². The van der Waals surface area contributed by atoms with Crippen LogP contribution in [0.25, 0.3) is 0 Å². The van der Waals surface area contributed by atoms with E-state index in [4.69, 9.17) is 9.47 Å². The molecular formula is C19H22FNO3. The van der Waals surface area contributed by atoms with Gasteiger partial charge >= 0.3 is 0 Å². The number of hydrogen-bond donors (Lipinski definition) is 1. The van der Waals surface area contributed by atoms with Crippen LogP contribution >= 0.6 is 0 Å². The summed E-state index contributed by atoms with van der Waals surface area (Å²) in [6.45, 7) is 2.01. The van der Waals surface area contributed by atoms with Crippen molar-refractivity contribution in [2.24, 2.45) is 0 Å². The molecule has 1 saturated heterocycles. The van der Waals surface area contributed by atoms with E-state index in [2.05, 4.69) is 4.90 Å². The zero-order valence-electron chi connectivity index (χ0n) is 14.0. The van der Waals surface area contributed by atoms with Gasteiger partial charge in [-0.1, -0.05) is 18.2 Å². The Labute approximate surface area is 141 Å². The highest BCUT2D eigenvalue weighted by Gasteiger charge is 2.37. The van der Waals surface area contributed by atoms with E-state index in [0.717, 1.165) is 17.7 Å². The number of rotatable bonds is 5. The molecule has 1 aliphatic rings. The number of likely N-dealkylation sites (tertiary alicyclic amines) is 1. The van der Waals surface area contributed by atoms with E-state index < -0.39 is 5.60 Å². The monoisotopic (exact) mass is 331 g/mol. The molecule has 2 aromatic rings. The molecule has 1 fully saturated rings. The standard InChI is InChI=1S/C19H22FNO3/c1-23-17-8-3-14(11-18(17)24-2)12-21-10-9-19(22,13-21)15-4-6-16(20)7-5-15/h3-8,11,22H,9-10,12-13H2,1-2H3. The van der Waals surface area contributed by atoms with E-state index in [-0.39, 0.29) is 5.82 Å². The Morgan fingerprint density at radius 3 is 2.46 bits per heavy atom. The summed E-state index contributed by atoms with van der Waals surface area (Å²) < 4.78 is 23.7. The number of nitrogens with zero attached hydrogens (tertiary/aromatic N) is 1. The topological polar surface area (TPSA) is 41.9 Å². The van der Waals surface area contributed by atoms with Crippen molar-refractivity contribution in [1.82, 2.24) is 4.90 Å². The smallest absolute Gasteiger partial charge is 0.161 e. The molecule has 24 heavy (non-hydrogen) atoms. The van der Waals surface area contributed by atoms with Crippen molar-refractivity contribution in [3.8, 4) is 11.5 Å². The average Bonchev–Trinajstić information content (AvgIpc) is 2.97. The van der Waals surface area contributed by atoms with Crippen molar-refractivity contribution in [1.29, 1.82) is 0 Å². The third kappa shape index (κ3) is 3.37. The van der Waals surface area contributed by atoms with E-state index in [1.807, 2.05) is 18.2 Å². The highest BCUT2D eigenvalue weighted by Crippen LogP contribution is 2.34. The second kappa shape index (κ2) is 6.79. The fourth-order valence-corrected chi connectivity index (χ4v) is 3.24. The average molecular weight is 331 g/mol. The van der Waals surface area contributed by atoms with Crippen molar-refractivity contribution in [3.63, 3.8) is 0 Å². The van der Waals surface area contributed by atoms with Gasteiger partial charge in [0.1, 0.15) is 11.4 Å². The Kier molecular flexibility index (Phi) is 4.73. The van der Waals surface area contributed by atoms with Crippen molar-refractivity contribution in [2.45, 2.75) is 18.6 Å². The van der Waals surface area contributed by atoms with Gasteiger partial charge in [0.25, 0.3) is 0 Å². The lowest BCUT2D eigenvalue weighted by Gasteiger charge is -2.24. The molecule has 0 radical (unpaired) electrons. The fraction of sp³-hybridized carbons (Fsp3) is 0.368. The zero-order valence-corrected chi connectivity index (χ0v) is 14.0. The molecule has 0 amide bonds. The highest BCUT2D eigenvalue weighted by molar-refractivity contribution is 5.43. The number of halogens is 1. The maximum Gasteiger partial charge on any atom is 0.161 e. The van der Waals surface area contributed by atoms with Crippen molar-refractivity contribution in [3.05, 3.63) is 59.4 Å². The number of hydrogen-bond acceptors (Lipinski definition) is 4. The second-order valence-electron chi connectivity index (χ2n) is 6.19. The third-order valence-corrected chi connectivity index (χ3v) is 4.56. The van der Waals surface area contributed by atoms with Gasteiger partial charge in [0, 0.05) is 19.6 Å². The van der Waals surface area contributed by atoms with Crippen LogP contribution in [-0.4, -0.2) is 37.3 Å². The number of aliphatic hydroxyl groups is 1. The molecule has 4 nitrogen and oxygen atoms in total. The van der Waals surface area contributed by atoms with Gasteiger partial charge in [0.2, 0.25) is 0 Å². The summed E-state index contributed by atoms with van der Waals surface area (Å²) in [6, 6.07) is 11.9. The van der Waals surface area contributed by atoms with E-state index >= 15 is 0 Å². The minimum atomic E-state index is -0.926. The van der Waals surface area contributed by atoms with Crippen LogP contribution in [0.2, 0.25) is 0 Å². The van der Waals surface area contributed by atoms with Gasteiger partial charge < -0.3 is 14.6 Å². The molecule has 1 unspecified atom stereocenters. The van der Waals surface area contributed by atoms with Crippen molar-refractivity contribution >= 4 is 0 Å². The summed E-state index contributed by atoms with van der Waals surface area (Å²) >= 11 is 0. The van der Waals surface area contributed by atoms with Crippen LogP contribution in [0.1, 0.15) is 17.5 Å². The van der Waals surface area contributed by atoms with Gasteiger partial charge in [0.05, 0.1) is 14.2 Å². The Bertz CT molecular complexity index is 704. The molecule has 0 aliphatic carbocycles. The van der Waals surface area contributed by atoms with Crippen LogP contribution < -0.4 is 9.47 Å². The summed E-state index contributed by atoms with van der Waals surface area (Å²) in [7, 11) is 3.23. The molecule has 0 bridgehead atoms. The molecule has 0 aromatic heterocycles. The van der Waals surface area contributed by atoms with Gasteiger partial charge in [0.15, 0.2) is 11.5 Å². The number of ether oxygens (including phenoxy) is 2. The van der Waals surface area contributed by atoms with E-state index in [1.165, 1.54) is 12.1 Å². The van der Waals surface area contributed by atoms with Gasteiger partial charge in [-0.05, 0) is 41.8 Å². The molecule has 2 aromatic carbocycles. The Hall–Kier alpha value is -2.11. The van der Waals surface area contributed by atoms with Gasteiger partial charge in [-0.2, -0.15) is 0 Å². The van der Waals surface area contributed by atoms with Crippen molar-refractivity contribution in [2.75, 3.05) is 27.3 Å². The van der Waals surface area contributed by atoms with E-state index in [1.54, 1.807) is 26.4 Å². The third-order valence-electron chi connectivity index (χ3n) is 4.56. The summed E-state index contributed by atoms with van der Waals surface area (Å²) in [4.78, 5) is 2.19. The molecule has 128 valence electrons. The lowest BCUT2D eigenvalue weighted by molar-refractivity contribution is 0.0452. The minimum Gasteiger partial charge on any atom is -0.493 e. The molecule has 5 heteroatoms. The number of methoxy groups -OCH3 is 2. The molecule has 3 rings (SSSR count). The van der Waals surface area contributed by atoms with Crippen LogP contribution in [0.15, 0.2) is 42.5 Å². The van der Waals surface area contributed by atoms with Crippen LogP contribution in [0.3, 0.4) is 0 Å². The van der Waals surface area contributed by atoms with Gasteiger partial charge in [-0.25, -0.2) is 4.39 Å². The molecular weight excluding hydrogens is 309 g/mol. The highest BCUT2D eigenvalue weighted by atomic mass is 19.1. The number of β-amino-alcohol motifs (C(OH)–C–C–N with tert-alkyl or cyclic N) is 1. The van der Waals surface area contributed by atoms with Crippen LogP contribution in [-0.2, 0) is 12.1 Å². The first-order chi connectivity index (χ1) is 11.5. The summed E-state index contributed by atoms with van der Waals surface area (Å²) in [5, 5.41) is 10.9. The zero-order chi connectivity index (χ0) is 17.2. The van der Waals surface area contributed by atoms with Crippen LogP contribution in [0, 0.1) is 5.82 Å². The quantitative estimate of drug-likeness (QED) is 0.915. The molecule has 0 saturated carbocycles. The van der Waals surface area contributed by atoms with E-state index in [9.17, 15) is 9.50 Å². The van der Waals surface area contributed by atoms with Gasteiger partial charge in [-0.3, -0.25) is 4.90 Å². The normalized spacial score (nSPS) is 21.0. The maximum absolute atomic E-state index is 13.1. The number of benzene rings is 2. The Balaban J connectivity index is 1.71. The molecule has 1 heterocycles. The molecule has 0 spiro atoms. The SMILES string of the molecule is COc1ccc(CN2CCC(O)(c3ccc(F)cc3)C2)cc1OC. The first-order valence-corrected chi connectivity index (χ1v) is 7.96. The largest absolute Gasteiger partial charge is 0.493 e. The van der Waals surface area contributed by atoms with Crippen LogP contribution in [0.4, 0.5) is 4.39 Å². The predicted octanol–water partition coefficient (Wildman–Crippen LogP) is 2.94. The maximum atomic E-state index is 13.1. The summed E-state index contributed by atoms with van der Waals surface area (Å²) in [6.07, 6.45) is 0.631. The summed E-state index contributed by atoms with van der Waals surface area (Å²) in [5.41, 5.74) is 0.930. The Morgan fingerprint density at radius 1 is 1.08 bits per heavy atom. The molecule has 1 atom stereocenters. The Morgan fingerprint density at radius 2 is 1.79 bits per heavy atom. The lowest BCUT2D eigenvalue weighted by Crippen LogP contribution is -2.30. The lowest BCUT2D eigenvalue weighted by atomic mass is 9.93. The second-order valence-corrected chi connectivity index (χ2v) is 6.19. The fourth-order valence-electron chi connectivity index (χ4n) is 3.24. The molecule has 1 aliphatic heterocycles. The van der Waals surface area contributed by atoms with Gasteiger partial charge in [-0.15, -0.1) is 0 Å². The van der Waals surface area contributed by atoms with Crippen molar-refractivity contribution < 1.29 is 19.0 Å². The summed E-state index contributed by atoms with van der Waals surface area (Å²) in [5.74, 6) is 1.11. The minimum absolute atomic E-state index is 0.289. The van der Waals surface area contributed by atoms with Crippen LogP contribution in [0.5, 0.6) is 11.5 Å². The first kappa shape index (κ1) is 16.7.